The van der Waals surface area contributed by atoms with Gasteiger partial charge in [-0.15, -0.1) is 0 Å². The largest absolute Gasteiger partial charge is 0.392 e. The molecule has 0 atom stereocenters. The van der Waals surface area contributed by atoms with Crippen molar-refractivity contribution in [1.82, 2.24) is 5.32 Å². The number of halogens is 1. The molecule has 0 saturated carbocycles. The van der Waals surface area contributed by atoms with Crippen LogP contribution < -0.4 is 16.8 Å². The molecule has 9 heteroatoms. The molecule has 1 rings (SSSR count). The van der Waals surface area contributed by atoms with Crippen molar-refractivity contribution < 1.29 is 14.5 Å². The SMILES string of the molecule is CC(C)(CNC(=O)c1cc(Cl)c(N)c([N+](=O)[O-])c1)C(N)=O. The lowest BCUT2D eigenvalue weighted by Crippen LogP contribution is -2.42. The third-order valence-electron chi connectivity index (χ3n) is 2.92. The molecule has 0 unspecified atom stereocenters. The topological polar surface area (TPSA) is 141 Å². The number of primary amides is 1. The molecule has 0 aliphatic carbocycles. The number of rotatable bonds is 5. The van der Waals surface area contributed by atoms with E-state index in [0.29, 0.717) is 0 Å². The number of carbonyl (C=O) groups excluding carboxylic acids is 2. The van der Waals surface area contributed by atoms with E-state index in [1.54, 1.807) is 13.8 Å². The third kappa shape index (κ3) is 3.82. The Balaban J connectivity index is 2.99. The van der Waals surface area contributed by atoms with Crippen molar-refractivity contribution in [2.75, 3.05) is 12.3 Å². The number of nitrogens with zero attached hydrogens (tertiary/aromatic N) is 1. The van der Waals surface area contributed by atoms with Gasteiger partial charge in [0.05, 0.1) is 15.4 Å². The Morgan fingerprint density at radius 2 is 2.00 bits per heavy atom. The van der Waals surface area contributed by atoms with E-state index in [4.69, 9.17) is 23.1 Å². The van der Waals surface area contributed by atoms with Crippen LogP contribution in [-0.2, 0) is 4.79 Å². The maximum atomic E-state index is 12.0. The number of benzene rings is 1. The van der Waals surface area contributed by atoms with Crippen molar-refractivity contribution in [1.29, 1.82) is 0 Å². The van der Waals surface area contributed by atoms with Gasteiger partial charge in [0.1, 0.15) is 5.69 Å². The van der Waals surface area contributed by atoms with Crippen molar-refractivity contribution >= 4 is 34.8 Å². The van der Waals surface area contributed by atoms with Crippen LogP contribution in [0.15, 0.2) is 12.1 Å². The summed E-state index contributed by atoms with van der Waals surface area (Å²) < 4.78 is 0. The van der Waals surface area contributed by atoms with Crippen LogP contribution in [0.4, 0.5) is 11.4 Å². The Bertz CT molecular complexity index is 616. The number of hydrogen-bond donors (Lipinski definition) is 3. The molecule has 0 saturated heterocycles. The lowest BCUT2D eigenvalue weighted by Gasteiger charge is -2.20. The first-order valence-corrected chi connectivity index (χ1v) is 6.25. The summed E-state index contributed by atoms with van der Waals surface area (Å²) >= 11 is 5.76. The standard InChI is InChI=1S/C12H15ClN4O4/c1-12(2,11(15)19)5-16-10(18)6-3-7(13)9(14)8(4-6)17(20)21/h3-4H,5,14H2,1-2H3,(H2,15,19)(H,16,18). The number of amides is 2. The molecule has 0 bridgehead atoms. The van der Waals surface area contributed by atoms with Gasteiger partial charge < -0.3 is 16.8 Å². The molecule has 1 aromatic carbocycles. The van der Waals surface area contributed by atoms with Crippen molar-refractivity contribution in [3.05, 3.63) is 32.8 Å². The average molecular weight is 315 g/mol. The van der Waals surface area contributed by atoms with E-state index >= 15 is 0 Å². The van der Waals surface area contributed by atoms with E-state index in [-0.39, 0.29) is 22.8 Å². The lowest BCUT2D eigenvalue weighted by molar-refractivity contribution is -0.383. The quantitative estimate of drug-likeness (QED) is 0.423. The second-order valence-electron chi connectivity index (χ2n) is 5.08. The minimum absolute atomic E-state index is 0.0169. The fourth-order valence-electron chi connectivity index (χ4n) is 1.38. The zero-order chi connectivity index (χ0) is 16.4. The van der Waals surface area contributed by atoms with E-state index in [1.807, 2.05) is 0 Å². The molecule has 0 aromatic heterocycles. The minimum Gasteiger partial charge on any atom is -0.392 e. The second-order valence-corrected chi connectivity index (χ2v) is 5.49. The fourth-order valence-corrected chi connectivity index (χ4v) is 1.59. The van der Waals surface area contributed by atoms with Gasteiger partial charge in [0, 0.05) is 18.2 Å². The minimum atomic E-state index is -0.945. The fraction of sp³-hybridized carbons (Fsp3) is 0.333. The van der Waals surface area contributed by atoms with Crippen LogP contribution in [0.3, 0.4) is 0 Å². The summed E-state index contributed by atoms with van der Waals surface area (Å²) in [6.45, 7) is 3.11. The normalized spacial score (nSPS) is 11.0. The Morgan fingerprint density at radius 3 is 2.48 bits per heavy atom. The van der Waals surface area contributed by atoms with Gasteiger partial charge >= 0.3 is 0 Å². The number of nitrogen functional groups attached to an aromatic ring is 1. The molecule has 2 amide bonds. The molecule has 0 radical (unpaired) electrons. The highest BCUT2D eigenvalue weighted by molar-refractivity contribution is 6.34. The van der Waals surface area contributed by atoms with Crippen LogP contribution in [0.2, 0.25) is 5.02 Å². The average Bonchev–Trinajstić information content (AvgIpc) is 2.38. The number of nitrogens with one attached hydrogen (secondary N) is 1. The van der Waals surface area contributed by atoms with Gasteiger partial charge in [0.25, 0.3) is 11.6 Å². The first-order valence-electron chi connectivity index (χ1n) is 5.88. The number of nitro benzene ring substituents is 1. The van der Waals surface area contributed by atoms with Crippen LogP contribution >= 0.6 is 11.6 Å². The number of nitro groups is 1. The molecule has 21 heavy (non-hydrogen) atoms. The molecule has 114 valence electrons. The zero-order valence-electron chi connectivity index (χ0n) is 11.5. The van der Waals surface area contributed by atoms with E-state index < -0.39 is 27.8 Å². The van der Waals surface area contributed by atoms with Gasteiger partial charge in [-0.1, -0.05) is 11.6 Å². The maximum absolute atomic E-state index is 12.0. The van der Waals surface area contributed by atoms with Crippen LogP contribution in [0, 0.1) is 15.5 Å². The lowest BCUT2D eigenvalue weighted by atomic mass is 9.92. The highest BCUT2D eigenvalue weighted by Gasteiger charge is 2.26. The molecule has 0 heterocycles. The summed E-state index contributed by atoms with van der Waals surface area (Å²) in [7, 11) is 0. The van der Waals surface area contributed by atoms with E-state index in [0.717, 1.165) is 6.07 Å². The van der Waals surface area contributed by atoms with Gasteiger partial charge in [-0.25, -0.2) is 0 Å². The molecule has 0 aliphatic rings. The molecular formula is C12H15ClN4O4. The molecular weight excluding hydrogens is 300 g/mol. The van der Waals surface area contributed by atoms with E-state index in [2.05, 4.69) is 5.32 Å². The predicted octanol–water partition coefficient (Wildman–Crippen LogP) is 1.07. The number of carbonyl (C=O) groups is 2. The molecule has 0 fully saturated rings. The van der Waals surface area contributed by atoms with Crippen molar-refractivity contribution in [2.45, 2.75) is 13.8 Å². The third-order valence-corrected chi connectivity index (χ3v) is 3.24. The van der Waals surface area contributed by atoms with Crippen LogP contribution in [0.5, 0.6) is 0 Å². The highest BCUT2D eigenvalue weighted by atomic mass is 35.5. The first kappa shape index (κ1) is 16.7. The smallest absolute Gasteiger partial charge is 0.294 e. The van der Waals surface area contributed by atoms with Crippen molar-refractivity contribution in [3.8, 4) is 0 Å². The Labute approximate surface area is 125 Å². The second kappa shape index (κ2) is 5.96. The summed E-state index contributed by atoms with van der Waals surface area (Å²) in [5.74, 6) is -1.20. The summed E-state index contributed by atoms with van der Waals surface area (Å²) in [5.41, 5.74) is 9.01. The van der Waals surface area contributed by atoms with E-state index in [1.165, 1.54) is 6.07 Å². The van der Waals surface area contributed by atoms with Crippen molar-refractivity contribution in [2.24, 2.45) is 11.1 Å². The Morgan fingerprint density at radius 1 is 1.43 bits per heavy atom. The van der Waals surface area contributed by atoms with Gasteiger partial charge in [0.2, 0.25) is 5.91 Å². The van der Waals surface area contributed by atoms with Crippen LogP contribution in [0.25, 0.3) is 0 Å². The van der Waals surface area contributed by atoms with E-state index in [9.17, 15) is 19.7 Å². The molecule has 0 spiro atoms. The molecule has 0 aliphatic heterocycles. The van der Waals surface area contributed by atoms with Crippen LogP contribution in [-0.4, -0.2) is 23.3 Å². The Hall–Kier alpha value is -2.35. The van der Waals surface area contributed by atoms with Crippen molar-refractivity contribution in [3.63, 3.8) is 0 Å². The first-order chi connectivity index (χ1) is 9.56. The summed E-state index contributed by atoms with van der Waals surface area (Å²) in [5, 5.41) is 13.2. The highest BCUT2D eigenvalue weighted by Crippen LogP contribution is 2.30. The summed E-state index contributed by atoms with van der Waals surface area (Å²) in [6, 6.07) is 2.24. The van der Waals surface area contributed by atoms with Gasteiger partial charge in [-0.05, 0) is 19.9 Å². The predicted molar refractivity (Wildman–Crippen MR) is 77.8 cm³/mol. The number of nitrogens with two attached hydrogens (primary N) is 2. The molecule has 5 N–H and O–H groups in total. The van der Waals surface area contributed by atoms with Gasteiger partial charge in [-0.2, -0.15) is 0 Å². The number of hydrogen-bond acceptors (Lipinski definition) is 5. The molecule has 8 nitrogen and oxygen atoms in total. The maximum Gasteiger partial charge on any atom is 0.294 e. The number of anilines is 1. The summed E-state index contributed by atoms with van der Waals surface area (Å²) in [6.07, 6.45) is 0. The monoisotopic (exact) mass is 314 g/mol. The van der Waals surface area contributed by atoms with Gasteiger partial charge in [0.15, 0.2) is 0 Å². The Kier molecular flexibility index (Phi) is 4.74. The van der Waals surface area contributed by atoms with Crippen LogP contribution in [0.1, 0.15) is 24.2 Å². The summed E-state index contributed by atoms with van der Waals surface area (Å²) in [4.78, 5) is 33.2. The zero-order valence-corrected chi connectivity index (χ0v) is 12.2. The van der Waals surface area contributed by atoms with Gasteiger partial charge in [-0.3, -0.25) is 19.7 Å². The molecule has 1 aromatic rings.